The molecule has 32 heavy (non-hydrogen) atoms. The Morgan fingerprint density at radius 1 is 1.12 bits per heavy atom. The van der Waals surface area contributed by atoms with Gasteiger partial charge in [0.05, 0.1) is 23.3 Å². The molecule has 6 rings (SSSR count). The SMILES string of the molecule is Cn1cc(C2N(C(=O)c3cccc4nccnc34)CCC23C(=O)Nc2ccccc23)cn1. The smallest absolute Gasteiger partial charge is 0.256 e. The van der Waals surface area contributed by atoms with Crippen molar-refractivity contribution in [1.82, 2.24) is 24.6 Å². The molecule has 2 aromatic heterocycles. The number of likely N-dealkylation sites (tertiary alicyclic amines) is 1. The van der Waals surface area contributed by atoms with Crippen LogP contribution >= 0.6 is 0 Å². The summed E-state index contributed by atoms with van der Waals surface area (Å²) in [7, 11) is 1.83. The minimum absolute atomic E-state index is 0.0828. The Morgan fingerprint density at radius 3 is 2.81 bits per heavy atom. The molecule has 1 N–H and O–H groups in total. The number of rotatable bonds is 2. The summed E-state index contributed by atoms with van der Waals surface area (Å²) in [6.07, 6.45) is 7.35. The highest BCUT2D eigenvalue weighted by Crippen LogP contribution is 2.54. The number of nitrogens with one attached hydrogen (secondary N) is 1. The maximum atomic E-state index is 13.9. The van der Waals surface area contributed by atoms with Gasteiger partial charge in [-0.25, -0.2) is 0 Å². The summed E-state index contributed by atoms with van der Waals surface area (Å²) < 4.78 is 1.70. The van der Waals surface area contributed by atoms with Crippen molar-refractivity contribution in [2.24, 2.45) is 7.05 Å². The lowest BCUT2D eigenvalue weighted by atomic mass is 9.73. The maximum Gasteiger partial charge on any atom is 0.256 e. The normalized spacial score (nSPS) is 21.8. The van der Waals surface area contributed by atoms with Crippen molar-refractivity contribution in [1.29, 1.82) is 0 Å². The van der Waals surface area contributed by atoms with Gasteiger partial charge in [0.1, 0.15) is 10.9 Å². The first kappa shape index (κ1) is 18.7. The van der Waals surface area contributed by atoms with Crippen molar-refractivity contribution in [2.45, 2.75) is 17.9 Å². The van der Waals surface area contributed by atoms with E-state index in [9.17, 15) is 9.59 Å². The molecule has 2 amide bonds. The van der Waals surface area contributed by atoms with Gasteiger partial charge in [-0.05, 0) is 30.2 Å². The molecule has 0 saturated carbocycles. The number of benzene rings is 2. The Hall–Kier alpha value is -4.07. The zero-order valence-electron chi connectivity index (χ0n) is 17.4. The fourth-order valence-electron chi connectivity index (χ4n) is 5.27. The van der Waals surface area contributed by atoms with Crippen LogP contribution in [-0.2, 0) is 17.3 Å². The van der Waals surface area contributed by atoms with E-state index in [1.165, 1.54) is 0 Å². The van der Waals surface area contributed by atoms with Crippen LogP contribution in [0.2, 0.25) is 0 Å². The molecule has 0 radical (unpaired) electrons. The molecule has 8 nitrogen and oxygen atoms in total. The predicted molar refractivity (Wildman–Crippen MR) is 118 cm³/mol. The van der Waals surface area contributed by atoms with E-state index in [0.29, 0.717) is 29.6 Å². The number of carbonyl (C=O) groups is 2. The van der Waals surface area contributed by atoms with E-state index < -0.39 is 11.5 Å². The second-order valence-electron chi connectivity index (χ2n) is 8.30. The van der Waals surface area contributed by atoms with Gasteiger partial charge in [0.15, 0.2) is 0 Å². The fourth-order valence-corrected chi connectivity index (χ4v) is 5.27. The number of nitrogens with zero attached hydrogens (tertiary/aromatic N) is 5. The number of carbonyl (C=O) groups excluding carboxylic acids is 2. The van der Waals surface area contributed by atoms with E-state index in [1.54, 1.807) is 34.2 Å². The lowest BCUT2D eigenvalue weighted by Gasteiger charge is -2.33. The minimum Gasteiger partial charge on any atom is -0.330 e. The molecule has 2 aliphatic rings. The van der Waals surface area contributed by atoms with E-state index in [4.69, 9.17) is 0 Å². The highest BCUT2D eigenvalue weighted by Gasteiger charge is 2.59. The van der Waals surface area contributed by atoms with Crippen LogP contribution in [0.25, 0.3) is 11.0 Å². The van der Waals surface area contributed by atoms with Crippen LogP contribution in [0.3, 0.4) is 0 Å². The van der Waals surface area contributed by atoms with Crippen LogP contribution in [0.4, 0.5) is 5.69 Å². The quantitative estimate of drug-likeness (QED) is 0.534. The van der Waals surface area contributed by atoms with Crippen molar-refractivity contribution in [3.8, 4) is 0 Å². The number of para-hydroxylation sites is 2. The molecule has 1 saturated heterocycles. The summed E-state index contributed by atoms with van der Waals surface area (Å²) in [4.78, 5) is 37.9. The van der Waals surface area contributed by atoms with Crippen LogP contribution in [0.1, 0.15) is 33.9 Å². The van der Waals surface area contributed by atoms with Gasteiger partial charge in [-0.15, -0.1) is 0 Å². The highest BCUT2D eigenvalue weighted by molar-refractivity contribution is 6.09. The summed E-state index contributed by atoms with van der Waals surface area (Å²) in [6.45, 7) is 0.441. The van der Waals surface area contributed by atoms with E-state index >= 15 is 0 Å². The topological polar surface area (TPSA) is 93.0 Å². The molecule has 8 heteroatoms. The molecular formula is C24H20N6O2. The Morgan fingerprint density at radius 2 is 1.97 bits per heavy atom. The van der Waals surface area contributed by atoms with Gasteiger partial charge < -0.3 is 10.2 Å². The van der Waals surface area contributed by atoms with Gasteiger partial charge in [0, 0.05) is 43.4 Å². The number of anilines is 1. The average molecular weight is 424 g/mol. The number of amides is 2. The zero-order chi connectivity index (χ0) is 21.9. The number of fused-ring (bicyclic) bond motifs is 3. The van der Waals surface area contributed by atoms with Crippen molar-refractivity contribution in [2.75, 3.05) is 11.9 Å². The lowest BCUT2D eigenvalue weighted by Crippen LogP contribution is -2.42. The Balaban J connectivity index is 1.53. The molecule has 1 spiro atoms. The van der Waals surface area contributed by atoms with Gasteiger partial charge in [-0.1, -0.05) is 24.3 Å². The summed E-state index contributed by atoms with van der Waals surface area (Å²) >= 11 is 0. The van der Waals surface area contributed by atoms with Crippen molar-refractivity contribution in [3.63, 3.8) is 0 Å². The number of aromatic nitrogens is 4. The van der Waals surface area contributed by atoms with Gasteiger partial charge >= 0.3 is 0 Å². The average Bonchev–Trinajstić information content (AvgIpc) is 3.50. The first-order chi connectivity index (χ1) is 15.6. The third-order valence-electron chi connectivity index (χ3n) is 6.62. The zero-order valence-corrected chi connectivity index (χ0v) is 17.4. The standard InChI is InChI=1S/C24H20N6O2/c1-29-14-15(13-27-29)21-24(17-6-2-3-7-18(17)28-23(24)32)9-12-30(21)22(31)16-5-4-8-19-20(16)26-11-10-25-19/h2-8,10-11,13-14,21H,9,12H2,1H3,(H,28,32). The Kier molecular flexibility index (Phi) is 3.92. The third-order valence-corrected chi connectivity index (χ3v) is 6.62. The monoisotopic (exact) mass is 424 g/mol. The van der Waals surface area contributed by atoms with Gasteiger partial charge in [0.2, 0.25) is 5.91 Å². The largest absolute Gasteiger partial charge is 0.330 e. The first-order valence-corrected chi connectivity index (χ1v) is 10.5. The molecule has 4 heterocycles. The van der Waals surface area contributed by atoms with Crippen LogP contribution in [0.15, 0.2) is 67.3 Å². The molecular weight excluding hydrogens is 404 g/mol. The van der Waals surface area contributed by atoms with Crippen molar-refractivity contribution >= 4 is 28.5 Å². The molecule has 2 aromatic carbocycles. The van der Waals surface area contributed by atoms with Crippen LogP contribution in [0.5, 0.6) is 0 Å². The number of hydrogen-bond acceptors (Lipinski definition) is 5. The van der Waals surface area contributed by atoms with Crippen molar-refractivity contribution in [3.05, 3.63) is 83.9 Å². The van der Waals surface area contributed by atoms with E-state index in [1.807, 2.05) is 49.6 Å². The van der Waals surface area contributed by atoms with Crippen LogP contribution in [-0.4, -0.2) is 43.0 Å². The maximum absolute atomic E-state index is 13.9. The third kappa shape index (κ3) is 2.46. The van der Waals surface area contributed by atoms with E-state index in [-0.39, 0.29) is 11.8 Å². The summed E-state index contributed by atoms with van der Waals surface area (Å²) in [5.74, 6) is -0.250. The van der Waals surface area contributed by atoms with Gasteiger partial charge in [0.25, 0.3) is 5.91 Å². The number of aryl methyl sites for hydroxylation is 1. The van der Waals surface area contributed by atoms with Crippen LogP contribution in [0, 0.1) is 0 Å². The predicted octanol–water partition coefficient (Wildman–Crippen LogP) is 2.84. The second-order valence-corrected chi connectivity index (χ2v) is 8.30. The second kappa shape index (κ2) is 6.71. The van der Waals surface area contributed by atoms with E-state index in [2.05, 4.69) is 20.4 Å². The minimum atomic E-state index is -0.869. The molecule has 0 bridgehead atoms. The molecule has 2 aliphatic heterocycles. The summed E-state index contributed by atoms with van der Waals surface area (Å²) in [5, 5.41) is 7.38. The first-order valence-electron chi connectivity index (χ1n) is 10.5. The fraction of sp³-hybridized carbons (Fsp3) is 0.208. The highest BCUT2D eigenvalue weighted by atomic mass is 16.2. The molecule has 1 fully saturated rings. The summed E-state index contributed by atoms with van der Waals surface area (Å²) in [6, 6.07) is 12.7. The van der Waals surface area contributed by atoms with Gasteiger partial charge in [-0.3, -0.25) is 24.2 Å². The molecule has 2 atom stereocenters. The molecule has 4 aromatic rings. The van der Waals surface area contributed by atoms with Crippen molar-refractivity contribution < 1.29 is 9.59 Å². The number of hydrogen-bond donors (Lipinski definition) is 1. The molecule has 158 valence electrons. The molecule has 0 aliphatic carbocycles. The Labute approximate surface area is 183 Å². The summed E-state index contributed by atoms with van der Waals surface area (Å²) in [5.41, 5.74) is 3.38. The molecule has 2 unspecified atom stereocenters. The Bertz CT molecular complexity index is 1390. The lowest BCUT2D eigenvalue weighted by molar-refractivity contribution is -0.121. The van der Waals surface area contributed by atoms with E-state index in [0.717, 1.165) is 16.8 Å². The van der Waals surface area contributed by atoms with Crippen LogP contribution < -0.4 is 5.32 Å². The van der Waals surface area contributed by atoms with Gasteiger partial charge in [-0.2, -0.15) is 5.10 Å².